The van der Waals surface area contributed by atoms with Crippen molar-refractivity contribution in [3.63, 3.8) is 0 Å². The van der Waals surface area contributed by atoms with E-state index in [1.54, 1.807) is 11.3 Å². The van der Waals surface area contributed by atoms with Gasteiger partial charge in [-0.05, 0) is 41.0 Å². The molecular weight excluding hydrogens is 404 g/mol. The van der Waals surface area contributed by atoms with Crippen molar-refractivity contribution in [1.29, 1.82) is 0 Å². The molecule has 0 unspecified atom stereocenters. The van der Waals surface area contributed by atoms with Gasteiger partial charge in [0.15, 0.2) is 0 Å². The second-order valence-electron chi connectivity index (χ2n) is 8.40. The molecule has 160 valence electrons. The molecule has 0 saturated heterocycles. The lowest BCUT2D eigenvalue weighted by atomic mass is 9.81. The average Bonchev–Trinajstić information content (AvgIpc) is 3.30. The predicted molar refractivity (Wildman–Crippen MR) is 125 cm³/mol. The van der Waals surface area contributed by atoms with E-state index in [1.165, 1.54) is 5.56 Å². The van der Waals surface area contributed by atoms with Gasteiger partial charge in [-0.25, -0.2) is 0 Å². The number of hydrogen-bond donors (Lipinski definition) is 1. The van der Waals surface area contributed by atoms with Crippen molar-refractivity contribution < 1.29 is 9.59 Å². The monoisotopic (exact) mass is 432 g/mol. The minimum absolute atomic E-state index is 0.0102. The molecule has 0 saturated carbocycles. The van der Waals surface area contributed by atoms with E-state index in [-0.39, 0.29) is 17.9 Å². The molecule has 2 amide bonds. The zero-order valence-electron chi connectivity index (χ0n) is 18.0. The van der Waals surface area contributed by atoms with Crippen LogP contribution < -0.4 is 5.32 Å². The summed E-state index contributed by atoms with van der Waals surface area (Å²) >= 11 is 1.60. The van der Waals surface area contributed by atoms with E-state index in [4.69, 9.17) is 0 Å². The SMILES string of the molecule is CC(C)CN1C(=O)c2ccccc2[C@H](C(=O)NCCc2ccccc2)[C@@H]1c1cccs1. The van der Waals surface area contributed by atoms with Crippen molar-refractivity contribution in [1.82, 2.24) is 10.2 Å². The lowest BCUT2D eigenvalue weighted by Gasteiger charge is -2.42. The molecule has 2 aromatic carbocycles. The lowest BCUT2D eigenvalue weighted by Crippen LogP contribution is -2.48. The number of fused-ring (bicyclic) bond motifs is 1. The topological polar surface area (TPSA) is 49.4 Å². The fourth-order valence-electron chi connectivity index (χ4n) is 4.33. The van der Waals surface area contributed by atoms with Gasteiger partial charge >= 0.3 is 0 Å². The van der Waals surface area contributed by atoms with Gasteiger partial charge in [-0.1, -0.05) is 68.4 Å². The Morgan fingerprint density at radius 2 is 1.77 bits per heavy atom. The summed E-state index contributed by atoms with van der Waals surface area (Å²) in [5.41, 5.74) is 2.65. The van der Waals surface area contributed by atoms with E-state index in [2.05, 4.69) is 31.3 Å². The Bertz CT molecular complexity index is 1030. The Morgan fingerprint density at radius 1 is 1.03 bits per heavy atom. The molecule has 0 radical (unpaired) electrons. The summed E-state index contributed by atoms with van der Waals surface area (Å²) in [6, 6.07) is 21.5. The summed E-state index contributed by atoms with van der Waals surface area (Å²) in [6.07, 6.45) is 0.777. The molecule has 1 N–H and O–H groups in total. The van der Waals surface area contributed by atoms with Gasteiger partial charge in [0.05, 0.1) is 12.0 Å². The standard InChI is InChI=1S/C26H28N2O2S/c1-18(2)17-28-24(22-13-8-16-31-22)23(20-11-6-7-12-21(20)26(28)30)25(29)27-15-14-19-9-4-3-5-10-19/h3-13,16,18,23-24H,14-15,17H2,1-2H3,(H,27,29)/t23-,24-/m0/s1. The van der Waals surface area contributed by atoms with Crippen LogP contribution in [0.1, 0.15) is 52.2 Å². The molecule has 31 heavy (non-hydrogen) atoms. The van der Waals surface area contributed by atoms with Crippen LogP contribution in [0.4, 0.5) is 0 Å². The number of nitrogens with zero attached hydrogens (tertiary/aromatic N) is 1. The fourth-order valence-corrected chi connectivity index (χ4v) is 5.20. The van der Waals surface area contributed by atoms with Crippen molar-refractivity contribution >= 4 is 23.2 Å². The van der Waals surface area contributed by atoms with Crippen molar-refractivity contribution in [2.24, 2.45) is 5.92 Å². The molecule has 0 aliphatic carbocycles. The first kappa shape index (κ1) is 21.3. The minimum atomic E-state index is -0.429. The Balaban J connectivity index is 1.66. The smallest absolute Gasteiger partial charge is 0.254 e. The summed E-state index contributed by atoms with van der Waals surface area (Å²) in [5.74, 6) is -0.139. The molecule has 1 aromatic heterocycles. The number of nitrogens with one attached hydrogen (secondary N) is 1. The van der Waals surface area contributed by atoms with Crippen LogP contribution in [0.15, 0.2) is 72.1 Å². The van der Waals surface area contributed by atoms with Crippen LogP contribution in [0, 0.1) is 5.92 Å². The van der Waals surface area contributed by atoms with E-state index in [9.17, 15) is 9.59 Å². The number of amides is 2. The maximum absolute atomic E-state index is 13.6. The molecule has 2 atom stereocenters. The van der Waals surface area contributed by atoms with E-state index < -0.39 is 5.92 Å². The van der Waals surface area contributed by atoms with Crippen LogP contribution in [0.3, 0.4) is 0 Å². The number of carbonyl (C=O) groups is 2. The molecular formula is C26H28N2O2S. The molecule has 2 heterocycles. The number of hydrogen-bond acceptors (Lipinski definition) is 3. The highest BCUT2D eigenvalue weighted by molar-refractivity contribution is 7.10. The second-order valence-corrected chi connectivity index (χ2v) is 9.38. The van der Waals surface area contributed by atoms with Crippen LogP contribution in [0.25, 0.3) is 0 Å². The Morgan fingerprint density at radius 3 is 2.48 bits per heavy atom. The molecule has 4 rings (SSSR count). The molecule has 0 spiro atoms. The van der Waals surface area contributed by atoms with Crippen molar-refractivity contribution in [3.8, 4) is 0 Å². The Kier molecular flexibility index (Phi) is 6.52. The summed E-state index contributed by atoms with van der Waals surface area (Å²) < 4.78 is 0. The number of carbonyl (C=O) groups excluding carboxylic acids is 2. The molecule has 5 heteroatoms. The zero-order valence-corrected chi connectivity index (χ0v) is 18.8. The summed E-state index contributed by atoms with van der Waals surface area (Å²) in [7, 11) is 0. The van der Waals surface area contributed by atoms with Gasteiger partial charge in [0.25, 0.3) is 5.91 Å². The molecule has 0 fully saturated rings. The molecule has 3 aromatic rings. The highest BCUT2D eigenvalue weighted by Crippen LogP contribution is 2.44. The third-order valence-corrected chi connectivity index (χ3v) is 6.62. The highest BCUT2D eigenvalue weighted by Gasteiger charge is 2.44. The molecule has 4 nitrogen and oxygen atoms in total. The van der Waals surface area contributed by atoms with E-state index >= 15 is 0 Å². The first-order chi connectivity index (χ1) is 15.1. The van der Waals surface area contributed by atoms with Gasteiger partial charge in [-0.3, -0.25) is 9.59 Å². The van der Waals surface area contributed by atoms with Gasteiger partial charge in [0, 0.05) is 23.5 Å². The second kappa shape index (κ2) is 9.48. The Hall–Kier alpha value is -2.92. The maximum Gasteiger partial charge on any atom is 0.254 e. The van der Waals surface area contributed by atoms with E-state index in [1.807, 2.05) is 64.9 Å². The molecule has 1 aliphatic heterocycles. The predicted octanol–water partition coefficient (Wildman–Crippen LogP) is 5.04. The van der Waals surface area contributed by atoms with Crippen LogP contribution in [-0.2, 0) is 11.2 Å². The summed E-state index contributed by atoms with van der Waals surface area (Å²) in [4.78, 5) is 29.9. The van der Waals surface area contributed by atoms with Crippen molar-refractivity contribution in [3.05, 3.63) is 93.7 Å². The highest BCUT2D eigenvalue weighted by atomic mass is 32.1. The van der Waals surface area contributed by atoms with Gasteiger partial charge in [-0.2, -0.15) is 0 Å². The quantitative estimate of drug-likeness (QED) is 0.568. The van der Waals surface area contributed by atoms with Gasteiger partial charge in [0.1, 0.15) is 0 Å². The van der Waals surface area contributed by atoms with Crippen LogP contribution >= 0.6 is 11.3 Å². The van der Waals surface area contributed by atoms with Crippen LogP contribution in [-0.4, -0.2) is 29.8 Å². The average molecular weight is 433 g/mol. The third kappa shape index (κ3) is 4.57. The third-order valence-electron chi connectivity index (χ3n) is 5.67. The number of thiophene rings is 1. The van der Waals surface area contributed by atoms with E-state index in [0.29, 0.717) is 24.6 Å². The first-order valence-electron chi connectivity index (χ1n) is 10.8. The van der Waals surface area contributed by atoms with E-state index in [0.717, 1.165) is 16.9 Å². The fraction of sp³-hybridized carbons (Fsp3) is 0.308. The van der Waals surface area contributed by atoms with Crippen LogP contribution in [0.5, 0.6) is 0 Å². The largest absolute Gasteiger partial charge is 0.355 e. The van der Waals surface area contributed by atoms with Crippen molar-refractivity contribution in [2.75, 3.05) is 13.1 Å². The molecule has 1 aliphatic rings. The first-order valence-corrected chi connectivity index (χ1v) is 11.7. The van der Waals surface area contributed by atoms with Gasteiger partial charge in [0.2, 0.25) is 5.91 Å². The summed E-state index contributed by atoms with van der Waals surface area (Å²) in [5, 5.41) is 5.16. The van der Waals surface area contributed by atoms with Crippen LogP contribution in [0.2, 0.25) is 0 Å². The van der Waals surface area contributed by atoms with Gasteiger partial charge in [-0.15, -0.1) is 11.3 Å². The zero-order chi connectivity index (χ0) is 21.8. The number of benzene rings is 2. The molecule has 0 bridgehead atoms. The minimum Gasteiger partial charge on any atom is -0.355 e. The maximum atomic E-state index is 13.6. The van der Waals surface area contributed by atoms with Gasteiger partial charge < -0.3 is 10.2 Å². The number of rotatable bonds is 7. The Labute approximate surface area is 187 Å². The van der Waals surface area contributed by atoms with Crippen molar-refractivity contribution in [2.45, 2.75) is 32.2 Å². The summed E-state index contributed by atoms with van der Waals surface area (Å²) in [6.45, 7) is 5.39. The normalized spacial score (nSPS) is 18.2. The lowest BCUT2D eigenvalue weighted by molar-refractivity contribution is -0.124.